The normalized spacial score (nSPS) is 12.0. The second kappa shape index (κ2) is 4.30. The molecule has 0 N–H and O–H groups in total. The zero-order chi connectivity index (χ0) is 12.3. The highest BCUT2D eigenvalue weighted by Gasteiger charge is 2.31. The van der Waals surface area contributed by atoms with Gasteiger partial charge in [-0.2, -0.15) is 13.2 Å². The van der Waals surface area contributed by atoms with Crippen LogP contribution in [0.15, 0.2) is 24.4 Å². The first-order valence-corrected chi connectivity index (χ1v) is 3.98. The molecule has 1 aromatic rings. The summed E-state index contributed by atoms with van der Waals surface area (Å²) in [5.41, 5.74) is -1.40. The van der Waals surface area contributed by atoms with Gasteiger partial charge >= 0.3 is 6.18 Å². The quantitative estimate of drug-likeness (QED) is 0.449. The predicted molar refractivity (Wildman–Crippen MR) is 47.4 cm³/mol. The molecule has 0 aliphatic heterocycles. The molecule has 0 aromatic heterocycles. The Morgan fingerprint density at radius 3 is 2.38 bits per heavy atom. The van der Waals surface area contributed by atoms with Crippen LogP contribution >= 0.6 is 0 Å². The van der Waals surface area contributed by atoms with Crippen molar-refractivity contribution in [3.63, 3.8) is 0 Å². The fourth-order valence-corrected chi connectivity index (χ4v) is 1.02. The molecule has 0 radical (unpaired) electrons. The Bertz CT molecular complexity index is 440. The number of benzene rings is 1. The third-order valence-corrected chi connectivity index (χ3v) is 1.64. The smallest absolute Gasteiger partial charge is 0.259 e. The van der Waals surface area contributed by atoms with Crippen LogP contribution < -0.4 is 0 Å². The van der Waals surface area contributed by atoms with Crippen LogP contribution in [0.5, 0.6) is 0 Å². The lowest BCUT2D eigenvalue weighted by molar-refractivity contribution is -0.400. The van der Waals surface area contributed by atoms with Gasteiger partial charge in [-0.1, -0.05) is 0 Å². The zero-order valence-electron chi connectivity index (χ0n) is 7.66. The molecule has 0 spiro atoms. The molecule has 0 saturated carbocycles. The van der Waals surface area contributed by atoms with Gasteiger partial charge in [-0.05, 0) is 23.8 Å². The van der Waals surface area contributed by atoms with Crippen LogP contribution in [0, 0.1) is 15.9 Å². The topological polar surface area (TPSA) is 43.1 Å². The second-order valence-corrected chi connectivity index (χ2v) is 2.87. The van der Waals surface area contributed by atoms with E-state index in [1.807, 2.05) is 0 Å². The highest BCUT2D eigenvalue weighted by Crippen LogP contribution is 2.30. The SMILES string of the molecule is O=[N+]([O-])/C=C/c1cc(F)cc(C(F)(F)F)c1. The van der Waals surface area contributed by atoms with Crippen LogP contribution in [-0.2, 0) is 6.18 Å². The molecule has 0 unspecified atom stereocenters. The number of hydrogen-bond acceptors (Lipinski definition) is 2. The van der Waals surface area contributed by atoms with Crippen molar-refractivity contribution >= 4 is 6.08 Å². The fraction of sp³-hybridized carbons (Fsp3) is 0.111. The lowest BCUT2D eigenvalue weighted by Crippen LogP contribution is -2.05. The average Bonchev–Trinajstić information content (AvgIpc) is 2.12. The first kappa shape index (κ1) is 12.2. The van der Waals surface area contributed by atoms with Crippen molar-refractivity contribution in [1.82, 2.24) is 0 Å². The van der Waals surface area contributed by atoms with Crippen molar-refractivity contribution in [2.24, 2.45) is 0 Å². The van der Waals surface area contributed by atoms with Crippen molar-refractivity contribution in [2.45, 2.75) is 6.18 Å². The minimum absolute atomic E-state index is 0.218. The average molecular weight is 235 g/mol. The summed E-state index contributed by atoms with van der Waals surface area (Å²) in [4.78, 5) is 9.09. The molecular weight excluding hydrogens is 230 g/mol. The molecule has 1 rings (SSSR count). The van der Waals surface area contributed by atoms with Gasteiger partial charge in [-0.3, -0.25) is 10.1 Å². The summed E-state index contributed by atoms with van der Waals surface area (Å²) in [6, 6.07) is 1.72. The van der Waals surface area contributed by atoms with Crippen molar-refractivity contribution in [1.29, 1.82) is 0 Å². The number of nitro groups is 1. The van der Waals surface area contributed by atoms with Gasteiger partial charge in [0, 0.05) is 6.08 Å². The molecule has 0 aliphatic carbocycles. The lowest BCUT2D eigenvalue weighted by atomic mass is 10.1. The van der Waals surface area contributed by atoms with E-state index in [-0.39, 0.29) is 5.56 Å². The standard InChI is InChI=1S/C9H5F4NO2/c10-8-4-6(1-2-14(15)16)3-7(5-8)9(11,12)13/h1-5H/b2-1+. The molecular formula is C9H5F4NO2. The van der Waals surface area contributed by atoms with E-state index >= 15 is 0 Å². The maximum atomic E-state index is 12.8. The molecule has 0 fully saturated rings. The Kier molecular flexibility index (Phi) is 3.26. The van der Waals surface area contributed by atoms with E-state index in [1.54, 1.807) is 0 Å². The molecule has 0 bridgehead atoms. The van der Waals surface area contributed by atoms with E-state index in [4.69, 9.17) is 0 Å². The summed E-state index contributed by atoms with van der Waals surface area (Å²) in [6.07, 6.45) is -3.45. The largest absolute Gasteiger partial charge is 0.416 e. The summed E-state index contributed by atoms with van der Waals surface area (Å²) in [6.45, 7) is 0. The van der Waals surface area contributed by atoms with Gasteiger partial charge in [0.2, 0.25) is 6.20 Å². The van der Waals surface area contributed by atoms with Crippen LogP contribution in [0.4, 0.5) is 17.6 Å². The molecule has 0 heterocycles. The molecule has 7 heteroatoms. The minimum atomic E-state index is -4.68. The van der Waals surface area contributed by atoms with E-state index in [9.17, 15) is 27.7 Å². The lowest BCUT2D eigenvalue weighted by Gasteiger charge is -2.07. The number of alkyl halides is 3. The monoisotopic (exact) mass is 235 g/mol. The van der Waals surface area contributed by atoms with Gasteiger partial charge in [0.05, 0.1) is 10.5 Å². The minimum Gasteiger partial charge on any atom is -0.259 e. The van der Waals surface area contributed by atoms with Crippen molar-refractivity contribution in [3.8, 4) is 0 Å². The van der Waals surface area contributed by atoms with Crippen LogP contribution in [0.3, 0.4) is 0 Å². The van der Waals surface area contributed by atoms with Crippen molar-refractivity contribution in [3.05, 3.63) is 51.5 Å². The Labute approximate surface area is 87.2 Å². The van der Waals surface area contributed by atoms with Gasteiger partial charge in [-0.25, -0.2) is 4.39 Å². The number of halogens is 4. The van der Waals surface area contributed by atoms with E-state index in [1.165, 1.54) is 0 Å². The molecule has 0 saturated heterocycles. The third kappa shape index (κ3) is 3.34. The summed E-state index contributed by atoms with van der Waals surface area (Å²) in [5.74, 6) is -1.10. The van der Waals surface area contributed by atoms with Gasteiger partial charge < -0.3 is 0 Å². The van der Waals surface area contributed by atoms with Crippen LogP contribution in [0.1, 0.15) is 11.1 Å². The molecule has 86 valence electrons. The second-order valence-electron chi connectivity index (χ2n) is 2.87. The molecule has 0 aliphatic rings. The summed E-state index contributed by atoms with van der Waals surface area (Å²) in [5, 5.41) is 9.94. The molecule has 16 heavy (non-hydrogen) atoms. The Morgan fingerprint density at radius 2 is 1.88 bits per heavy atom. The fourth-order valence-electron chi connectivity index (χ4n) is 1.02. The Hall–Kier alpha value is -1.92. The van der Waals surface area contributed by atoms with E-state index < -0.39 is 22.5 Å². The molecule has 0 atom stereocenters. The number of nitrogens with zero attached hydrogens (tertiary/aromatic N) is 1. The van der Waals surface area contributed by atoms with Crippen molar-refractivity contribution in [2.75, 3.05) is 0 Å². The summed E-state index contributed by atoms with van der Waals surface area (Å²) < 4.78 is 49.4. The zero-order valence-corrected chi connectivity index (χ0v) is 7.66. The number of rotatable bonds is 2. The Balaban J connectivity index is 3.13. The Morgan fingerprint density at radius 1 is 1.25 bits per heavy atom. The van der Waals surface area contributed by atoms with Gasteiger partial charge in [0.25, 0.3) is 0 Å². The van der Waals surface area contributed by atoms with Gasteiger partial charge in [0.15, 0.2) is 0 Å². The number of hydrogen-bond donors (Lipinski definition) is 0. The van der Waals surface area contributed by atoms with Crippen LogP contribution in [-0.4, -0.2) is 4.92 Å². The van der Waals surface area contributed by atoms with E-state index in [2.05, 4.69) is 0 Å². The predicted octanol–water partition coefficient (Wildman–Crippen LogP) is 3.09. The summed E-state index contributed by atoms with van der Waals surface area (Å²) >= 11 is 0. The highest BCUT2D eigenvalue weighted by molar-refractivity contribution is 5.49. The molecule has 0 amide bonds. The van der Waals surface area contributed by atoms with Gasteiger partial charge in [0.1, 0.15) is 5.82 Å². The maximum Gasteiger partial charge on any atom is 0.416 e. The van der Waals surface area contributed by atoms with Crippen molar-refractivity contribution < 1.29 is 22.5 Å². The molecule has 1 aromatic carbocycles. The van der Waals surface area contributed by atoms with E-state index in [0.29, 0.717) is 18.3 Å². The van der Waals surface area contributed by atoms with Crippen LogP contribution in [0.2, 0.25) is 0 Å². The highest BCUT2D eigenvalue weighted by atomic mass is 19.4. The van der Waals surface area contributed by atoms with Gasteiger partial charge in [-0.15, -0.1) is 0 Å². The van der Waals surface area contributed by atoms with E-state index in [0.717, 1.165) is 12.1 Å². The van der Waals surface area contributed by atoms with Crippen LogP contribution in [0.25, 0.3) is 6.08 Å². The third-order valence-electron chi connectivity index (χ3n) is 1.64. The summed E-state index contributed by atoms with van der Waals surface area (Å²) in [7, 11) is 0. The first-order chi connectivity index (χ1) is 7.29. The first-order valence-electron chi connectivity index (χ1n) is 3.98. The molecule has 3 nitrogen and oxygen atoms in total. The maximum absolute atomic E-state index is 12.8.